The Bertz CT molecular complexity index is 464. The van der Waals surface area contributed by atoms with Gasteiger partial charge in [-0.05, 0) is 55.8 Å². The number of nitrogens with zero attached hydrogens (tertiary/aromatic N) is 3. The van der Waals surface area contributed by atoms with Crippen molar-refractivity contribution in [3.63, 3.8) is 0 Å². The summed E-state index contributed by atoms with van der Waals surface area (Å²) in [6, 6.07) is 3.73. The van der Waals surface area contributed by atoms with E-state index in [2.05, 4.69) is 46.8 Å². The molecule has 0 aliphatic carbocycles. The van der Waals surface area contributed by atoms with Gasteiger partial charge in [-0.3, -0.25) is 0 Å². The Kier molecular flexibility index (Phi) is 3.71. The molecule has 0 spiro atoms. The molecule has 0 saturated carbocycles. The molecule has 0 saturated heterocycles. The third-order valence-corrected chi connectivity index (χ3v) is 3.72. The predicted octanol–water partition coefficient (Wildman–Crippen LogP) is 3.55. The lowest BCUT2D eigenvalue weighted by Gasteiger charge is -2.01. The molecule has 0 atom stereocenters. The summed E-state index contributed by atoms with van der Waals surface area (Å²) >= 11 is 8.21. The predicted molar refractivity (Wildman–Crippen MR) is 65.8 cm³/mol. The molecule has 2 aromatic heterocycles. The molecule has 0 unspecified atom stereocenters. The molecule has 0 aliphatic heterocycles. The largest absolute Gasteiger partial charge is 0.247 e. The topological polar surface area (TPSA) is 38.7 Å². The summed E-state index contributed by atoms with van der Waals surface area (Å²) in [6.07, 6.45) is 5.17. The highest BCUT2D eigenvalue weighted by molar-refractivity contribution is 9.11. The zero-order chi connectivity index (χ0) is 10.7. The zero-order valence-corrected chi connectivity index (χ0v) is 11.4. The fourth-order valence-corrected chi connectivity index (χ4v) is 2.79. The van der Waals surface area contributed by atoms with E-state index < -0.39 is 0 Å². The average molecular weight is 347 g/mol. The second kappa shape index (κ2) is 5.05. The lowest BCUT2D eigenvalue weighted by molar-refractivity contribution is 0.958. The molecule has 0 aliphatic rings. The Balaban J connectivity index is 2.25. The van der Waals surface area contributed by atoms with Gasteiger partial charge in [-0.1, -0.05) is 0 Å². The van der Waals surface area contributed by atoms with Crippen molar-refractivity contribution in [2.24, 2.45) is 0 Å². The first kappa shape index (κ1) is 11.0. The molecule has 76 valence electrons. The van der Waals surface area contributed by atoms with Crippen LogP contribution < -0.4 is 0 Å². The van der Waals surface area contributed by atoms with E-state index in [0.29, 0.717) is 5.16 Å². The normalized spacial score (nSPS) is 10.3. The molecule has 15 heavy (non-hydrogen) atoms. The van der Waals surface area contributed by atoms with Gasteiger partial charge in [0.1, 0.15) is 5.03 Å². The maximum absolute atomic E-state index is 4.26. The highest BCUT2D eigenvalue weighted by Gasteiger charge is 2.05. The van der Waals surface area contributed by atoms with Gasteiger partial charge in [0.05, 0.1) is 4.47 Å². The van der Waals surface area contributed by atoms with Gasteiger partial charge in [-0.2, -0.15) is 0 Å². The molecule has 2 aromatic rings. The second-order valence-electron chi connectivity index (χ2n) is 2.57. The number of pyridine rings is 1. The fourth-order valence-electron chi connectivity index (χ4n) is 0.902. The van der Waals surface area contributed by atoms with Crippen LogP contribution in [-0.4, -0.2) is 15.0 Å². The molecule has 0 radical (unpaired) electrons. The van der Waals surface area contributed by atoms with Crippen molar-refractivity contribution in [2.45, 2.75) is 10.2 Å². The van der Waals surface area contributed by atoms with E-state index >= 15 is 0 Å². The number of hydrogen-bond donors (Lipinski definition) is 0. The van der Waals surface area contributed by atoms with Gasteiger partial charge in [0.2, 0.25) is 0 Å². The van der Waals surface area contributed by atoms with Crippen LogP contribution in [0, 0.1) is 0 Å². The van der Waals surface area contributed by atoms with E-state index in [0.717, 1.165) is 14.0 Å². The monoisotopic (exact) mass is 345 g/mol. The average Bonchev–Trinajstić information content (AvgIpc) is 2.24. The Labute approximate surface area is 108 Å². The molecule has 0 aromatic carbocycles. The van der Waals surface area contributed by atoms with Gasteiger partial charge < -0.3 is 0 Å². The highest BCUT2D eigenvalue weighted by atomic mass is 79.9. The van der Waals surface area contributed by atoms with Crippen LogP contribution in [0.15, 0.2) is 49.9 Å². The van der Waals surface area contributed by atoms with Crippen molar-refractivity contribution < 1.29 is 0 Å². The quantitative estimate of drug-likeness (QED) is 0.779. The van der Waals surface area contributed by atoms with Crippen molar-refractivity contribution in [1.29, 1.82) is 0 Å². The van der Waals surface area contributed by atoms with Crippen LogP contribution in [-0.2, 0) is 0 Å². The second-order valence-corrected chi connectivity index (χ2v) is 5.30. The van der Waals surface area contributed by atoms with Crippen molar-refractivity contribution in [3.05, 3.63) is 39.7 Å². The maximum Gasteiger partial charge on any atom is 0.193 e. The molecule has 2 rings (SSSR count). The van der Waals surface area contributed by atoms with Gasteiger partial charge in [-0.15, -0.1) is 0 Å². The van der Waals surface area contributed by atoms with Gasteiger partial charge in [0, 0.05) is 23.1 Å². The standard InChI is InChI=1S/C9H5Br2N3S/c10-6-4-7(11)8(14-5-6)15-9-12-2-1-3-13-9/h1-5H. The first-order valence-corrected chi connectivity index (χ1v) is 6.42. The van der Waals surface area contributed by atoms with E-state index in [9.17, 15) is 0 Å². The number of aromatic nitrogens is 3. The Morgan fingerprint density at radius 3 is 2.47 bits per heavy atom. The van der Waals surface area contributed by atoms with E-state index in [1.807, 2.05) is 6.07 Å². The smallest absolute Gasteiger partial charge is 0.193 e. The minimum absolute atomic E-state index is 0.688. The minimum atomic E-state index is 0.688. The third kappa shape index (κ3) is 2.99. The van der Waals surface area contributed by atoms with E-state index in [4.69, 9.17) is 0 Å². The number of hydrogen-bond acceptors (Lipinski definition) is 4. The number of rotatable bonds is 2. The van der Waals surface area contributed by atoms with Gasteiger partial charge in [0.15, 0.2) is 5.16 Å². The molecule has 2 heterocycles. The summed E-state index contributed by atoms with van der Waals surface area (Å²) in [5.74, 6) is 0. The van der Waals surface area contributed by atoms with Crippen LogP contribution >= 0.6 is 43.6 Å². The lowest BCUT2D eigenvalue weighted by Crippen LogP contribution is -1.86. The van der Waals surface area contributed by atoms with Crippen LogP contribution in [0.4, 0.5) is 0 Å². The first-order valence-electron chi connectivity index (χ1n) is 4.01. The lowest BCUT2D eigenvalue weighted by atomic mass is 10.5. The Hall–Kier alpha value is -0.460. The van der Waals surface area contributed by atoms with Crippen molar-refractivity contribution in [1.82, 2.24) is 15.0 Å². The van der Waals surface area contributed by atoms with Crippen molar-refractivity contribution in [3.8, 4) is 0 Å². The zero-order valence-electron chi connectivity index (χ0n) is 7.39. The summed E-state index contributed by atoms with van der Waals surface area (Å²) < 4.78 is 1.86. The van der Waals surface area contributed by atoms with E-state index in [1.54, 1.807) is 24.7 Å². The maximum atomic E-state index is 4.26. The molecule has 3 nitrogen and oxygen atoms in total. The van der Waals surface area contributed by atoms with Gasteiger partial charge >= 0.3 is 0 Å². The Morgan fingerprint density at radius 2 is 1.80 bits per heavy atom. The van der Waals surface area contributed by atoms with Crippen LogP contribution in [0.3, 0.4) is 0 Å². The van der Waals surface area contributed by atoms with Gasteiger partial charge in [0.25, 0.3) is 0 Å². The highest BCUT2D eigenvalue weighted by Crippen LogP contribution is 2.30. The molecule has 0 bridgehead atoms. The van der Waals surface area contributed by atoms with Crippen molar-refractivity contribution >= 4 is 43.6 Å². The minimum Gasteiger partial charge on any atom is -0.247 e. The SMILES string of the molecule is Brc1cnc(Sc2ncccn2)c(Br)c1. The third-order valence-electron chi connectivity index (χ3n) is 1.50. The van der Waals surface area contributed by atoms with E-state index in [1.165, 1.54) is 11.8 Å². The summed E-state index contributed by atoms with van der Waals surface area (Å²) in [7, 11) is 0. The van der Waals surface area contributed by atoms with Gasteiger partial charge in [-0.25, -0.2) is 15.0 Å². The first-order chi connectivity index (χ1) is 7.25. The summed E-state index contributed by atoms with van der Waals surface area (Å²) in [6.45, 7) is 0. The Morgan fingerprint density at radius 1 is 1.07 bits per heavy atom. The van der Waals surface area contributed by atoms with Crippen molar-refractivity contribution in [2.75, 3.05) is 0 Å². The molecule has 0 fully saturated rings. The van der Waals surface area contributed by atoms with Crippen LogP contribution in [0.5, 0.6) is 0 Å². The van der Waals surface area contributed by atoms with Crippen LogP contribution in [0.2, 0.25) is 0 Å². The van der Waals surface area contributed by atoms with E-state index in [-0.39, 0.29) is 0 Å². The molecule has 0 N–H and O–H groups in total. The molecular formula is C9H5Br2N3S. The van der Waals surface area contributed by atoms with Crippen LogP contribution in [0.1, 0.15) is 0 Å². The molecular weight excluding hydrogens is 342 g/mol. The molecule has 0 amide bonds. The molecule has 6 heteroatoms. The number of halogens is 2. The summed E-state index contributed by atoms with van der Waals surface area (Å²) in [5.41, 5.74) is 0. The van der Waals surface area contributed by atoms with Crippen LogP contribution in [0.25, 0.3) is 0 Å². The fraction of sp³-hybridized carbons (Fsp3) is 0. The summed E-state index contributed by atoms with van der Waals surface area (Å²) in [5, 5.41) is 1.54. The summed E-state index contributed by atoms with van der Waals surface area (Å²) in [4.78, 5) is 12.5.